The van der Waals surface area contributed by atoms with Crippen molar-refractivity contribution in [3.05, 3.63) is 96.6 Å². The lowest BCUT2D eigenvalue weighted by Crippen LogP contribution is -2.51. The number of amides is 2. The molecule has 346 valence electrons. The molecule has 0 aromatic heterocycles. The summed E-state index contributed by atoms with van der Waals surface area (Å²) < 4.78 is 191. The second-order valence-corrected chi connectivity index (χ2v) is 18.9. The molecule has 2 N–H and O–H groups in total. The van der Waals surface area contributed by atoms with Crippen molar-refractivity contribution in [3.8, 4) is 11.5 Å². The van der Waals surface area contributed by atoms with E-state index in [2.05, 4.69) is 15.4 Å². The minimum absolute atomic E-state index is 0.0347. The molecule has 2 aliphatic rings. The largest absolute Gasteiger partial charge is 0.489 e. The fourth-order valence-electron chi connectivity index (χ4n) is 6.55. The van der Waals surface area contributed by atoms with E-state index < -0.39 is 104 Å². The molecule has 14 nitrogen and oxygen atoms in total. The molecule has 0 fully saturated rings. The van der Waals surface area contributed by atoms with E-state index in [9.17, 15) is 61.5 Å². The molecule has 0 spiro atoms. The Morgan fingerprint density at radius 1 is 0.656 bits per heavy atom. The van der Waals surface area contributed by atoms with Crippen LogP contribution in [0.4, 0.5) is 67.5 Å². The molecular weight excluding hydrogens is 913 g/mol. The molecule has 2 aliphatic heterocycles. The van der Waals surface area contributed by atoms with Crippen molar-refractivity contribution in [2.24, 2.45) is 0 Å². The first kappa shape index (κ1) is 47.4. The zero-order chi connectivity index (χ0) is 47.2. The average Bonchev–Trinajstić information content (AvgIpc) is 3.18. The monoisotopic (exact) mass is 950 g/mol. The molecule has 2 amide bonds. The van der Waals surface area contributed by atoms with Crippen molar-refractivity contribution < 1.29 is 80.5 Å². The molecule has 0 radical (unpaired) electrons. The number of nitrogens with zero attached hydrogens (tertiary/aromatic N) is 2. The predicted octanol–water partition coefficient (Wildman–Crippen LogP) is 9.14. The highest BCUT2D eigenvalue weighted by Gasteiger charge is 2.55. The van der Waals surface area contributed by atoms with E-state index in [1.165, 1.54) is 19.1 Å². The fourth-order valence-corrected chi connectivity index (χ4v) is 9.86. The van der Waals surface area contributed by atoms with Gasteiger partial charge in [-0.25, -0.2) is 35.2 Å². The molecule has 0 aliphatic carbocycles. The van der Waals surface area contributed by atoms with Gasteiger partial charge in [-0.05, 0) is 125 Å². The summed E-state index contributed by atoms with van der Waals surface area (Å²) in [6, 6.07) is 11.8. The van der Waals surface area contributed by atoms with Crippen LogP contribution in [0, 0.1) is 11.6 Å². The van der Waals surface area contributed by atoms with Gasteiger partial charge in [0.2, 0.25) is 11.2 Å². The zero-order valence-corrected chi connectivity index (χ0v) is 35.5. The van der Waals surface area contributed by atoms with Crippen molar-refractivity contribution in [3.63, 3.8) is 0 Å². The summed E-state index contributed by atoms with van der Waals surface area (Å²) in [5, 5.41) is 4.21. The number of fused-ring (bicyclic) bond motifs is 2. The first-order valence-electron chi connectivity index (χ1n) is 18.9. The van der Waals surface area contributed by atoms with Gasteiger partial charge in [0.05, 0.1) is 33.2 Å². The molecular formula is C40H38F8N4O10S2. The third-order valence-electron chi connectivity index (χ3n) is 10.2. The van der Waals surface area contributed by atoms with Crippen molar-refractivity contribution in [2.75, 3.05) is 32.5 Å². The van der Waals surface area contributed by atoms with Gasteiger partial charge in [0.15, 0.2) is 0 Å². The van der Waals surface area contributed by atoms with E-state index >= 15 is 0 Å². The Hall–Kier alpha value is -6.04. The molecule has 4 aromatic carbocycles. The van der Waals surface area contributed by atoms with E-state index in [0.29, 0.717) is 25.1 Å². The number of carbonyl (C=O) groups is 2. The van der Waals surface area contributed by atoms with Crippen LogP contribution in [0.15, 0.2) is 94.7 Å². The van der Waals surface area contributed by atoms with Crippen LogP contribution in [0.3, 0.4) is 0 Å². The quantitative estimate of drug-likeness (QED) is 0.138. The molecule has 4 aromatic rings. The molecule has 0 saturated carbocycles. The van der Waals surface area contributed by atoms with E-state index in [0.717, 1.165) is 77.1 Å². The van der Waals surface area contributed by atoms with Gasteiger partial charge in [0.25, 0.3) is 20.0 Å². The summed E-state index contributed by atoms with van der Waals surface area (Å²) in [7, 11) is -9.20. The summed E-state index contributed by atoms with van der Waals surface area (Å²) in [4.78, 5) is 25.0. The zero-order valence-electron chi connectivity index (χ0n) is 33.9. The number of rotatable bonds is 11. The topological polar surface area (TPSA) is 170 Å². The van der Waals surface area contributed by atoms with Crippen molar-refractivity contribution in [1.82, 2.24) is 0 Å². The van der Waals surface area contributed by atoms with Crippen LogP contribution >= 0.6 is 0 Å². The molecule has 24 heteroatoms. The Bertz CT molecular complexity index is 2630. The molecule has 0 saturated heterocycles. The standard InChI is InChI=1S/C40H38F8N4O10S2/c1-23-21-59-33-15-9-26(19-31(33)51(23)63(55,56)29-11-5-24(41)6-12-29)50-36(54)62-38(4,40(46,47)48)18-17-28-22-60-34-16-10-27(49-35(53)61-37(2,3)39(43,44)45)20-32(34)52(28)64(57,58)30-13-7-25(42)8-14-30/h5-16,19-20,23,28H,17-18,21-22H2,1-4H3,(H,49,53)(H,50,54). The number of ether oxygens (including phenoxy) is 4. The van der Waals surface area contributed by atoms with Crippen LogP contribution in [-0.4, -0.2) is 77.9 Å². The summed E-state index contributed by atoms with van der Waals surface area (Å²) in [6.45, 7) is 2.50. The molecule has 6 rings (SSSR count). The normalized spacial score (nSPS) is 17.8. The second kappa shape index (κ2) is 17.2. The Kier molecular flexibility index (Phi) is 12.7. The Morgan fingerprint density at radius 3 is 1.56 bits per heavy atom. The number of halogens is 8. The van der Waals surface area contributed by atoms with E-state index in [1.54, 1.807) is 0 Å². The van der Waals surface area contributed by atoms with Crippen LogP contribution in [0.1, 0.15) is 40.5 Å². The number of benzene rings is 4. The maximum absolute atomic E-state index is 14.9. The van der Waals surface area contributed by atoms with E-state index in [-0.39, 0.29) is 45.8 Å². The van der Waals surface area contributed by atoms with Crippen LogP contribution in [-0.2, 0) is 29.5 Å². The highest BCUT2D eigenvalue weighted by atomic mass is 32.2. The smallest absolute Gasteiger partial charge is 0.428 e. The van der Waals surface area contributed by atoms with Gasteiger partial charge in [-0.2, -0.15) is 26.3 Å². The number of anilines is 4. The highest BCUT2D eigenvalue weighted by Crippen LogP contribution is 2.45. The van der Waals surface area contributed by atoms with Gasteiger partial charge in [-0.3, -0.25) is 19.2 Å². The summed E-state index contributed by atoms with van der Waals surface area (Å²) in [6.07, 6.45) is -15.4. The fraction of sp³-hybridized carbons (Fsp3) is 0.350. The SMILES string of the molecule is CC1COc2ccc(NC(=O)OC(C)(CCC3COc4ccc(NC(=O)OC(C)(C)C(F)(F)F)cc4N3S(=O)(=O)c3ccc(F)cc3)C(F)(F)F)cc2N1S(=O)(=O)c1ccc(F)cc1. The van der Waals surface area contributed by atoms with Crippen molar-refractivity contribution >= 4 is 55.0 Å². The Labute approximate surface area is 361 Å². The Morgan fingerprint density at radius 2 is 1.09 bits per heavy atom. The van der Waals surface area contributed by atoms with Gasteiger partial charge in [0.1, 0.15) is 36.3 Å². The number of hydrogen-bond acceptors (Lipinski definition) is 10. The van der Waals surface area contributed by atoms with Crippen LogP contribution < -0.4 is 28.7 Å². The lowest BCUT2D eigenvalue weighted by atomic mass is 9.95. The molecule has 3 atom stereocenters. The lowest BCUT2D eigenvalue weighted by Gasteiger charge is -2.39. The number of nitrogens with one attached hydrogen (secondary N) is 2. The summed E-state index contributed by atoms with van der Waals surface area (Å²) in [5.74, 6) is -1.67. The summed E-state index contributed by atoms with van der Waals surface area (Å²) in [5.41, 5.74) is -7.34. The third-order valence-corrected chi connectivity index (χ3v) is 14.0. The van der Waals surface area contributed by atoms with Gasteiger partial charge < -0.3 is 18.9 Å². The van der Waals surface area contributed by atoms with E-state index in [4.69, 9.17) is 14.2 Å². The number of carbonyl (C=O) groups excluding carboxylic acids is 2. The van der Waals surface area contributed by atoms with Gasteiger partial charge >= 0.3 is 24.5 Å². The number of alkyl halides is 6. The van der Waals surface area contributed by atoms with Crippen molar-refractivity contribution in [1.29, 1.82) is 0 Å². The lowest BCUT2D eigenvalue weighted by molar-refractivity contribution is -0.252. The van der Waals surface area contributed by atoms with Crippen LogP contribution in [0.5, 0.6) is 11.5 Å². The number of hydrogen-bond donors (Lipinski definition) is 2. The molecule has 64 heavy (non-hydrogen) atoms. The first-order valence-corrected chi connectivity index (χ1v) is 21.8. The van der Waals surface area contributed by atoms with Gasteiger partial charge in [-0.15, -0.1) is 0 Å². The van der Waals surface area contributed by atoms with E-state index in [1.807, 2.05) is 0 Å². The van der Waals surface area contributed by atoms with Gasteiger partial charge in [0, 0.05) is 11.4 Å². The van der Waals surface area contributed by atoms with Gasteiger partial charge in [-0.1, -0.05) is 0 Å². The number of sulfonamides is 2. The highest BCUT2D eigenvalue weighted by molar-refractivity contribution is 7.93. The van der Waals surface area contributed by atoms with Crippen LogP contribution in [0.25, 0.3) is 0 Å². The second-order valence-electron chi connectivity index (χ2n) is 15.3. The third kappa shape index (κ3) is 9.71. The maximum Gasteiger partial charge on any atom is 0.428 e. The molecule has 3 unspecified atom stereocenters. The minimum Gasteiger partial charge on any atom is -0.489 e. The molecule has 2 heterocycles. The summed E-state index contributed by atoms with van der Waals surface area (Å²) >= 11 is 0. The van der Waals surface area contributed by atoms with Crippen molar-refractivity contribution in [2.45, 2.75) is 86.0 Å². The maximum atomic E-state index is 14.9. The average molecular weight is 951 g/mol. The minimum atomic E-state index is -5.31. The first-order chi connectivity index (χ1) is 29.6. The predicted molar refractivity (Wildman–Crippen MR) is 213 cm³/mol. The Balaban J connectivity index is 1.26. The van der Waals surface area contributed by atoms with Crippen LogP contribution in [0.2, 0.25) is 0 Å². The molecule has 0 bridgehead atoms.